The Bertz CT molecular complexity index is 1680. The molecule has 1 aromatic carbocycles. The van der Waals surface area contributed by atoms with Gasteiger partial charge in [-0.15, -0.1) is 0 Å². The first-order chi connectivity index (χ1) is 24.9. The third kappa shape index (κ3) is 11.4. The minimum atomic E-state index is -1.15. The molecule has 2 heterocycles. The lowest BCUT2D eigenvalue weighted by molar-refractivity contribution is -0.138. The van der Waals surface area contributed by atoms with Gasteiger partial charge in [0, 0.05) is 52.1 Å². The maximum absolute atomic E-state index is 13.1. The summed E-state index contributed by atoms with van der Waals surface area (Å²) in [6.07, 6.45) is 7.32. The maximum atomic E-state index is 13.1. The predicted octanol–water partition coefficient (Wildman–Crippen LogP) is 1.03. The molecule has 2 bridgehead atoms. The molecule has 1 aliphatic heterocycles. The van der Waals surface area contributed by atoms with E-state index in [4.69, 9.17) is 0 Å². The van der Waals surface area contributed by atoms with Gasteiger partial charge in [-0.25, -0.2) is 0 Å². The van der Waals surface area contributed by atoms with Gasteiger partial charge in [-0.3, -0.25) is 33.7 Å². The highest BCUT2D eigenvalue weighted by atomic mass is 31.0. The number of likely N-dealkylation sites (tertiary alicyclic amines) is 1. The summed E-state index contributed by atoms with van der Waals surface area (Å²) in [4.78, 5) is 89.3. The van der Waals surface area contributed by atoms with Crippen LogP contribution in [0.15, 0.2) is 47.4 Å². The molecule has 0 spiro atoms. The molecule has 2 aliphatic carbocycles. The van der Waals surface area contributed by atoms with Crippen LogP contribution in [-0.4, -0.2) is 104 Å². The quantitative estimate of drug-likeness (QED) is 0.140. The first kappa shape index (κ1) is 43.1. The first-order valence-electron chi connectivity index (χ1n) is 18.0. The number of fused-ring (bicyclic) bond motifs is 3. The van der Waals surface area contributed by atoms with Gasteiger partial charge >= 0.3 is 0 Å². The molecular formula is C38H56N7O7P. The van der Waals surface area contributed by atoms with Gasteiger partial charge in [0.25, 0.3) is 11.5 Å². The van der Waals surface area contributed by atoms with Crippen LogP contribution in [0.2, 0.25) is 0 Å². The first-order valence-corrected chi connectivity index (χ1v) is 18.0. The molecule has 7 unspecified atom stereocenters. The Morgan fingerprint density at radius 2 is 1.70 bits per heavy atom. The maximum Gasteiger partial charge on any atom is 0.287 e. The summed E-state index contributed by atoms with van der Waals surface area (Å²) in [5.41, 5.74) is 1.62. The number of aromatic nitrogens is 1. The Labute approximate surface area is 314 Å². The fourth-order valence-electron chi connectivity index (χ4n) is 7.88. The van der Waals surface area contributed by atoms with E-state index in [-0.39, 0.29) is 52.7 Å². The van der Waals surface area contributed by atoms with Crippen molar-refractivity contribution in [1.29, 1.82) is 0 Å². The third-order valence-electron chi connectivity index (χ3n) is 10.4. The Hall–Kier alpha value is -4.26. The monoisotopic (exact) mass is 753 g/mol. The average Bonchev–Trinajstić information content (AvgIpc) is 3.13. The van der Waals surface area contributed by atoms with Crippen molar-refractivity contribution in [2.24, 2.45) is 23.7 Å². The number of ketones is 1. The summed E-state index contributed by atoms with van der Waals surface area (Å²) in [6, 6.07) is 9.61. The standard InChI is InChI=1S/C25H28N4O6.C13H25N3O.H3P/c1-26-24(34)21(31)11-10-19(23(33)28-20-7-4-12-29(13-14-30)25(20)35)27-22(32)18-9-8-16-5-2-3-6-17(16)15-18;1-14-12-10-5-9(8-16(12)4)6-11(7-10)13(17)15(2)3;/h2-7,12,14,18-19H,8-11,13,15H2,1H3,(H,26,34)(H,27,32)(H,28,33);9-12,14H,5-8H2,1-4H3;1H3. The van der Waals surface area contributed by atoms with Gasteiger partial charge < -0.3 is 35.5 Å². The number of pyridine rings is 1. The van der Waals surface area contributed by atoms with E-state index in [2.05, 4.69) is 33.2 Å². The van der Waals surface area contributed by atoms with E-state index in [9.17, 15) is 33.6 Å². The Morgan fingerprint density at radius 3 is 2.36 bits per heavy atom. The van der Waals surface area contributed by atoms with E-state index in [1.165, 1.54) is 37.4 Å². The predicted molar refractivity (Wildman–Crippen MR) is 207 cm³/mol. The van der Waals surface area contributed by atoms with Crippen LogP contribution in [0.5, 0.6) is 0 Å². The summed E-state index contributed by atoms with van der Waals surface area (Å²) in [5.74, 6) is -0.991. The number of amides is 4. The number of carbonyl (C=O) groups is 6. The zero-order valence-corrected chi connectivity index (χ0v) is 33.0. The summed E-state index contributed by atoms with van der Waals surface area (Å²) >= 11 is 0. The highest BCUT2D eigenvalue weighted by Gasteiger charge is 2.42. The summed E-state index contributed by atoms with van der Waals surface area (Å²) in [6.45, 7) is 0.950. The number of nitrogens with one attached hydrogen (secondary N) is 4. The van der Waals surface area contributed by atoms with Crippen molar-refractivity contribution >= 4 is 51.3 Å². The van der Waals surface area contributed by atoms with E-state index < -0.39 is 29.2 Å². The van der Waals surface area contributed by atoms with Crippen molar-refractivity contribution in [3.05, 3.63) is 64.1 Å². The van der Waals surface area contributed by atoms with Crippen LogP contribution in [0, 0.1) is 23.7 Å². The second-order valence-electron chi connectivity index (χ2n) is 14.3. The van der Waals surface area contributed by atoms with Crippen LogP contribution in [0.4, 0.5) is 5.69 Å². The molecule has 53 heavy (non-hydrogen) atoms. The molecule has 7 atom stereocenters. The van der Waals surface area contributed by atoms with Gasteiger partial charge in [0.15, 0.2) is 0 Å². The molecule has 2 fully saturated rings. The second-order valence-corrected chi connectivity index (χ2v) is 14.3. The molecule has 2 aromatic rings. The number of carbonyl (C=O) groups excluding carboxylic acids is 6. The molecule has 14 nitrogen and oxygen atoms in total. The van der Waals surface area contributed by atoms with Crippen molar-refractivity contribution in [1.82, 2.24) is 30.3 Å². The molecule has 0 radical (unpaired) electrons. The van der Waals surface area contributed by atoms with E-state index in [1.807, 2.05) is 45.4 Å². The number of rotatable bonds is 12. The topological polar surface area (TPSA) is 179 Å². The van der Waals surface area contributed by atoms with E-state index in [0.717, 1.165) is 35.9 Å². The fraction of sp³-hybridized carbons (Fsp3) is 0.553. The number of piperidine rings is 1. The Morgan fingerprint density at radius 1 is 0.981 bits per heavy atom. The number of anilines is 1. The number of aryl methyl sites for hydroxylation is 1. The zero-order chi connectivity index (χ0) is 37.9. The van der Waals surface area contributed by atoms with E-state index >= 15 is 0 Å². The van der Waals surface area contributed by atoms with Crippen molar-refractivity contribution in [3.8, 4) is 0 Å². The number of hydrogen-bond acceptors (Lipinski definition) is 9. The number of benzene rings is 1. The lowest BCUT2D eigenvalue weighted by Gasteiger charge is -2.48. The molecule has 1 saturated carbocycles. The van der Waals surface area contributed by atoms with Crippen molar-refractivity contribution in [3.63, 3.8) is 0 Å². The van der Waals surface area contributed by atoms with E-state index in [0.29, 0.717) is 43.0 Å². The number of likely N-dealkylation sites (N-methyl/N-ethyl adjacent to an activating group) is 1. The van der Waals surface area contributed by atoms with Crippen LogP contribution < -0.4 is 26.8 Å². The zero-order valence-electron chi connectivity index (χ0n) is 31.6. The van der Waals surface area contributed by atoms with Crippen molar-refractivity contribution in [2.45, 2.75) is 70.1 Å². The highest BCUT2D eigenvalue weighted by molar-refractivity contribution is 6.92. The molecule has 5 rings (SSSR count). The largest absolute Gasteiger partial charge is 0.353 e. The van der Waals surface area contributed by atoms with Gasteiger partial charge in [0.2, 0.25) is 23.5 Å². The lowest BCUT2D eigenvalue weighted by atomic mass is 9.70. The smallest absolute Gasteiger partial charge is 0.287 e. The van der Waals surface area contributed by atoms with Gasteiger partial charge in [-0.1, -0.05) is 24.3 Å². The van der Waals surface area contributed by atoms with Gasteiger partial charge in [0.1, 0.15) is 18.0 Å². The highest BCUT2D eigenvalue weighted by Crippen LogP contribution is 2.40. The normalized spacial score (nSPS) is 22.2. The fourth-order valence-corrected chi connectivity index (χ4v) is 7.88. The minimum absolute atomic E-state index is 0. The minimum Gasteiger partial charge on any atom is -0.353 e. The molecule has 4 amide bonds. The van der Waals surface area contributed by atoms with Crippen LogP contribution in [0.25, 0.3) is 0 Å². The summed E-state index contributed by atoms with van der Waals surface area (Å²) in [5, 5.41) is 10.8. The molecule has 4 N–H and O–H groups in total. The number of aldehydes is 1. The van der Waals surface area contributed by atoms with Crippen LogP contribution in [0.1, 0.15) is 49.7 Å². The molecular weight excluding hydrogens is 697 g/mol. The number of nitrogens with zero attached hydrogens (tertiary/aromatic N) is 3. The number of hydrogen-bond donors (Lipinski definition) is 4. The molecule has 1 saturated heterocycles. The van der Waals surface area contributed by atoms with Crippen LogP contribution >= 0.6 is 9.90 Å². The Kier molecular flexibility index (Phi) is 16.5. The van der Waals surface area contributed by atoms with Crippen LogP contribution in [0.3, 0.4) is 0 Å². The van der Waals surface area contributed by atoms with Crippen LogP contribution in [-0.2, 0) is 48.2 Å². The average molecular weight is 754 g/mol. The summed E-state index contributed by atoms with van der Waals surface area (Å²) in [7, 11) is 9.28. The third-order valence-corrected chi connectivity index (χ3v) is 10.4. The molecule has 290 valence electrons. The van der Waals surface area contributed by atoms with Gasteiger partial charge in [-0.2, -0.15) is 9.90 Å². The summed E-state index contributed by atoms with van der Waals surface area (Å²) < 4.78 is 1.13. The van der Waals surface area contributed by atoms with E-state index in [1.54, 1.807) is 4.90 Å². The SMILES string of the molecule is CNC(=O)C(=O)CCC(NC(=O)C1CCc2ccccc2C1)C(=O)Nc1cccn(CC=O)c1=O.CNC1C2CC(CC(C(=O)N(C)C)C2)CN1C.P. The van der Waals surface area contributed by atoms with Gasteiger partial charge in [0.05, 0.1) is 12.7 Å². The molecule has 3 aliphatic rings. The van der Waals surface area contributed by atoms with Crippen molar-refractivity contribution in [2.75, 3.05) is 47.1 Å². The second kappa shape index (κ2) is 20.3. The Balaban J connectivity index is 0.000000351. The van der Waals surface area contributed by atoms with Crippen molar-refractivity contribution < 1.29 is 28.8 Å². The number of Topliss-reactive ketones (excluding diaryl/α,β-unsaturated/α-hetero) is 1. The molecule has 1 aromatic heterocycles. The molecule has 15 heteroatoms. The van der Waals surface area contributed by atoms with Gasteiger partial charge in [-0.05, 0) is 94.1 Å². The lowest BCUT2D eigenvalue weighted by Crippen LogP contribution is -2.56.